The Bertz CT molecular complexity index is 464. The monoisotopic (exact) mass is 325 g/mol. The Balaban J connectivity index is 3.12. The second kappa shape index (κ2) is 5.49. The fraction of sp³-hybridized carbons (Fsp3) is 0.400. The third kappa shape index (κ3) is 2.97. The minimum atomic E-state index is -3.45. The molecule has 0 aliphatic heterocycles. The minimum absolute atomic E-state index is 0.107. The molecule has 0 fully saturated rings. The normalized spacial score (nSPS) is 14.1. The van der Waals surface area contributed by atoms with E-state index in [-0.39, 0.29) is 10.9 Å². The van der Waals surface area contributed by atoms with Crippen molar-refractivity contribution in [1.29, 1.82) is 0 Å². The second-order valence-corrected chi connectivity index (χ2v) is 6.56. The molecule has 3 nitrogen and oxygen atoms in total. The summed E-state index contributed by atoms with van der Waals surface area (Å²) in [6.07, 6.45) is 0. The number of nitrogens with zero attached hydrogens (tertiary/aromatic N) is 1. The Morgan fingerprint density at radius 2 is 2.12 bits per heavy atom. The van der Waals surface area contributed by atoms with E-state index in [0.717, 1.165) is 0 Å². The van der Waals surface area contributed by atoms with Crippen LogP contribution < -0.4 is 0 Å². The number of alkyl halides is 1. The molecule has 1 atom stereocenters. The lowest BCUT2D eigenvalue weighted by molar-refractivity contribution is 0.416. The molecular formula is C10H13BrClNO2S. The van der Waals surface area contributed by atoms with Gasteiger partial charge in [-0.3, -0.25) is 0 Å². The van der Waals surface area contributed by atoms with Gasteiger partial charge in [-0.15, -0.1) is 0 Å². The summed E-state index contributed by atoms with van der Waals surface area (Å²) in [5.74, 6) is 0. The number of hydrogen-bond donors (Lipinski definition) is 0. The minimum Gasteiger partial charge on any atom is -0.207 e. The zero-order valence-corrected chi connectivity index (χ0v) is 12.2. The van der Waals surface area contributed by atoms with Crippen LogP contribution in [0.3, 0.4) is 0 Å². The standard InChI is InChI=1S/C10H13BrClNO2S/c1-8(7-11)13(2)16(14,15)10-5-3-4-9(12)6-10/h3-6,8H,7H2,1-2H3. The summed E-state index contributed by atoms with van der Waals surface area (Å²) in [4.78, 5) is 0.218. The van der Waals surface area contributed by atoms with Gasteiger partial charge in [0.25, 0.3) is 0 Å². The summed E-state index contributed by atoms with van der Waals surface area (Å²) in [7, 11) is -1.90. The highest BCUT2D eigenvalue weighted by Crippen LogP contribution is 2.20. The molecule has 1 rings (SSSR count). The van der Waals surface area contributed by atoms with E-state index in [1.54, 1.807) is 25.2 Å². The van der Waals surface area contributed by atoms with E-state index in [1.807, 2.05) is 6.92 Å². The van der Waals surface area contributed by atoms with Crippen LogP contribution in [0.5, 0.6) is 0 Å². The number of sulfonamides is 1. The van der Waals surface area contributed by atoms with Gasteiger partial charge in [0.05, 0.1) is 4.90 Å². The Kier molecular flexibility index (Phi) is 4.79. The summed E-state index contributed by atoms with van der Waals surface area (Å²) < 4.78 is 25.6. The van der Waals surface area contributed by atoms with Gasteiger partial charge in [-0.05, 0) is 25.1 Å². The molecule has 1 aromatic carbocycles. The first kappa shape index (κ1) is 14.0. The lowest BCUT2D eigenvalue weighted by Gasteiger charge is -2.22. The maximum Gasteiger partial charge on any atom is 0.243 e. The van der Waals surface area contributed by atoms with Crippen molar-refractivity contribution in [1.82, 2.24) is 4.31 Å². The Morgan fingerprint density at radius 3 is 2.62 bits per heavy atom. The molecule has 0 aliphatic carbocycles. The van der Waals surface area contributed by atoms with Crippen LogP contribution in [-0.2, 0) is 10.0 Å². The van der Waals surface area contributed by atoms with E-state index in [2.05, 4.69) is 15.9 Å². The van der Waals surface area contributed by atoms with Gasteiger partial charge in [-0.2, -0.15) is 4.31 Å². The van der Waals surface area contributed by atoms with Gasteiger partial charge in [0, 0.05) is 23.4 Å². The van der Waals surface area contributed by atoms with Crippen LogP contribution in [0.25, 0.3) is 0 Å². The van der Waals surface area contributed by atoms with Crippen LogP contribution >= 0.6 is 27.5 Å². The number of halogens is 2. The van der Waals surface area contributed by atoms with Crippen molar-refractivity contribution in [2.45, 2.75) is 17.9 Å². The van der Waals surface area contributed by atoms with Crippen molar-refractivity contribution in [3.05, 3.63) is 29.3 Å². The van der Waals surface area contributed by atoms with E-state index in [1.165, 1.54) is 10.4 Å². The fourth-order valence-electron chi connectivity index (χ4n) is 1.13. The zero-order valence-electron chi connectivity index (χ0n) is 9.02. The Morgan fingerprint density at radius 1 is 1.50 bits per heavy atom. The lowest BCUT2D eigenvalue weighted by Crippen LogP contribution is -2.36. The van der Waals surface area contributed by atoms with Gasteiger partial charge in [-0.1, -0.05) is 33.6 Å². The number of hydrogen-bond acceptors (Lipinski definition) is 2. The maximum absolute atomic E-state index is 12.1. The first-order valence-electron chi connectivity index (χ1n) is 4.69. The SMILES string of the molecule is CC(CBr)N(C)S(=O)(=O)c1cccc(Cl)c1. The van der Waals surface area contributed by atoms with Crippen molar-refractivity contribution >= 4 is 37.6 Å². The summed E-state index contributed by atoms with van der Waals surface area (Å²) in [6.45, 7) is 1.83. The molecule has 0 bridgehead atoms. The summed E-state index contributed by atoms with van der Waals surface area (Å²) in [5, 5.41) is 1.00. The number of benzene rings is 1. The average molecular weight is 327 g/mol. The molecule has 6 heteroatoms. The molecule has 0 heterocycles. The molecule has 0 saturated heterocycles. The van der Waals surface area contributed by atoms with Crippen LogP contribution in [0.1, 0.15) is 6.92 Å². The van der Waals surface area contributed by atoms with Crippen LogP contribution in [0, 0.1) is 0 Å². The predicted octanol–water partition coefficient (Wildman–Crippen LogP) is 2.74. The van der Waals surface area contributed by atoms with Gasteiger partial charge in [0.2, 0.25) is 10.0 Å². The average Bonchev–Trinajstić information content (AvgIpc) is 2.27. The molecule has 0 radical (unpaired) electrons. The van der Waals surface area contributed by atoms with Gasteiger partial charge in [0.1, 0.15) is 0 Å². The zero-order chi connectivity index (χ0) is 12.3. The Labute approximate surface area is 110 Å². The molecule has 16 heavy (non-hydrogen) atoms. The molecular weight excluding hydrogens is 314 g/mol. The Hall–Kier alpha value is -0.100. The largest absolute Gasteiger partial charge is 0.243 e. The molecule has 0 aliphatic rings. The van der Waals surface area contributed by atoms with Gasteiger partial charge in [-0.25, -0.2) is 8.42 Å². The topological polar surface area (TPSA) is 37.4 Å². The van der Waals surface area contributed by atoms with E-state index >= 15 is 0 Å². The third-order valence-corrected chi connectivity index (χ3v) is 5.46. The molecule has 90 valence electrons. The van der Waals surface area contributed by atoms with Crippen LogP contribution in [0.4, 0.5) is 0 Å². The highest BCUT2D eigenvalue weighted by Gasteiger charge is 2.24. The van der Waals surface area contributed by atoms with Crippen molar-refractivity contribution in [2.24, 2.45) is 0 Å². The van der Waals surface area contributed by atoms with Crippen LogP contribution in [0.2, 0.25) is 5.02 Å². The predicted molar refractivity (Wildman–Crippen MR) is 69.7 cm³/mol. The summed E-state index contributed by atoms with van der Waals surface area (Å²) >= 11 is 9.04. The smallest absolute Gasteiger partial charge is 0.207 e. The molecule has 0 saturated carbocycles. The highest BCUT2D eigenvalue weighted by molar-refractivity contribution is 9.09. The number of rotatable bonds is 4. The molecule has 0 N–H and O–H groups in total. The molecule has 0 spiro atoms. The van der Waals surface area contributed by atoms with Gasteiger partial charge in [0.15, 0.2) is 0 Å². The highest BCUT2D eigenvalue weighted by atomic mass is 79.9. The second-order valence-electron chi connectivity index (χ2n) is 3.48. The molecule has 1 aromatic rings. The molecule has 0 amide bonds. The van der Waals surface area contributed by atoms with E-state index < -0.39 is 10.0 Å². The van der Waals surface area contributed by atoms with Crippen molar-refractivity contribution in [3.8, 4) is 0 Å². The van der Waals surface area contributed by atoms with Crippen LogP contribution in [-0.4, -0.2) is 31.1 Å². The van der Waals surface area contributed by atoms with Gasteiger partial charge < -0.3 is 0 Å². The lowest BCUT2D eigenvalue weighted by atomic mass is 10.4. The molecule has 0 aromatic heterocycles. The first-order chi connectivity index (χ1) is 7.39. The molecule has 1 unspecified atom stereocenters. The van der Waals surface area contributed by atoms with E-state index in [9.17, 15) is 8.42 Å². The van der Waals surface area contributed by atoms with E-state index in [4.69, 9.17) is 11.6 Å². The quantitative estimate of drug-likeness (QED) is 0.798. The van der Waals surface area contributed by atoms with Crippen molar-refractivity contribution < 1.29 is 8.42 Å². The summed E-state index contributed by atoms with van der Waals surface area (Å²) in [6, 6.07) is 6.16. The van der Waals surface area contributed by atoms with Crippen LogP contribution in [0.15, 0.2) is 29.2 Å². The van der Waals surface area contributed by atoms with Crippen molar-refractivity contribution in [3.63, 3.8) is 0 Å². The van der Waals surface area contributed by atoms with Crippen molar-refractivity contribution in [2.75, 3.05) is 12.4 Å². The first-order valence-corrected chi connectivity index (χ1v) is 7.63. The summed E-state index contributed by atoms with van der Waals surface area (Å²) in [5.41, 5.74) is 0. The third-order valence-electron chi connectivity index (χ3n) is 2.32. The fourth-order valence-corrected chi connectivity index (χ4v) is 3.42. The maximum atomic E-state index is 12.1. The van der Waals surface area contributed by atoms with E-state index in [0.29, 0.717) is 10.4 Å². The van der Waals surface area contributed by atoms with Gasteiger partial charge >= 0.3 is 0 Å².